The van der Waals surface area contributed by atoms with Crippen molar-refractivity contribution in [3.8, 4) is 5.75 Å². The summed E-state index contributed by atoms with van der Waals surface area (Å²) in [6.07, 6.45) is 0. The minimum atomic E-state index is -0.224. The number of halogens is 2. The van der Waals surface area contributed by atoms with Gasteiger partial charge in [-0.3, -0.25) is 0 Å². The zero-order valence-corrected chi connectivity index (χ0v) is 8.26. The Morgan fingerprint density at radius 2 is 2.27 bits per heavy atom. The summed E-state index contributed by atoms with van der Waals surface area (Å²) in [4.78, 5) is 0. The molecule has 0 spiro atoms. The van der Waals surface area contributed by atoms with Crippen molar-refractivity contribution in [2.45, 2.75) is 6.92 Å². The Hall–Kier alpha value is -0.320. The Balaban J connectivity index is 2.90. The fourth-order valence-electron chi connectivity index (χ4n) is 0.748. The molecule has 0 saturated heterocycles. The van der Waals surface area contributed by atoms with E-state index in [0.717, 1.165) is 9.32 Å². The van der Waals surface area contributed by atoms with E-state index in [0.29, 0.717) is 6.61 Å². The van der Waals surface area contributed by atoms with Crippen LogP contribution in [0.4, 0.5) is 4.39 Å². The van der Waals surface area contributed by atoms with E-state index in [1.807, 2.05) is 29.5 Å². The molecule has 3 heteroatoms. The molecule has 0 bridgehead atoms. The van der Waals surface area contributed by atoms with Crippen molar-refractivity contribution in [1.82, 2.24) is 0 Å². The molecule has 0 fully saturated rings. The molecule has 0 aliphatic heterocycles. The zero-order chi connectivity index (χ0) is 8.27. The summed E-state index contributed by atoms with van der Waals surface area (Å²) in [6.45, 7) is 2.51. The smallest absolute Gasteiger partial charge is 0.132 e. The standard InChI is InChI=1S/C8H8FIO/c1-2-11-8-4-3-6(9)5-7(8)10/h3-5H,2H2,1H3. The van der Waals surface area contributed by atoms with Crippen LogP contribution in [0.25, 0.3) is 0 Å². The van der Waals surface area contributed by atoms with Crippen molar-refractivity contribution < 1.29 is 9.13 Å². The predicted octanol–water partition coefficient (Wildman–Crippen LogP) is 2.83. The van der Waals surface area contributed by atoms with Gasteiger partial charge in [-0.25, -0.2) is 4.39 Å². The van der Waals surface area contributed by atoms with E-state index in [4.69, 9.17) is 4.74 Å². The SMILES string of the molecule is CCOc1ccc(F)cc1I. The van der Waals surface area contributed by atoms with Crippen LogP contribution in [-0.4, -0.2) is 6.61 Å². The summed E-state index contributed by atoms with van der Waals surface area (Å²) in [7, 11) is 0. The molecular weight excluding hydrogens is 258 g/mol. The first kappa shape index (κ1) is 8.77. The summed E-state index contributed by atoms with van der Waals surface area (Å²) < 4.78 is 18.6. The zero-order valence-electron chi connectivity index (χ0n) is 6.10. The predicted molar refractivity (Wildman–Crippen MR) is 50.3 cm³/mol. The second-order valence-electron chi connectivity index (χ2n) is 2.01. The van der Waals surface area contributed by atoms with Gasteiger partial charge in [-0.05, 0) is 47.7 Å². The van der Waals surface area contributed by atoms with Gasteiger partial charge in [-0.1, -0.05) is 0 Å². The minimum Gasteiger partial charge on any atom is -0.493 e. The van der Waals surface area contributed by atoms with Crippen molar-refractivity contribution in [2.75, 3.05) is 6.61 Å². The Morgan fingerprint density at radius 1 is 1.55 bits per heavy atom. The molecule has 0 heterocycles. The molecule has 0 radical (unpaired) electrons. The Morgan fingerprint density at radius 3 is 2.82 bits per heavy atom. The van der Waals surface area contributed by atoms with E-state index in [2.05, 4.69) is 0 Å². The molecule has 0 aromatic heterocycles. The highest BCUT2D eigenvalue weighted by atomic mass is 127. The quantitative estimate of drug-likeness (QED) is 0.748. The van der Waals surface area contributed by atoms with Crippen LogP contribution < -0.4 is 4.74 Å². The maximum Gasteiger partial charge on any atom is 0.132 e. The molecule has 0 amide bonds. The summed E-state index contributed by atoms with van der Waals surface area (Å²) in [5, 5.41) is 0. The van der Waals surface area contributed by atoms with Crippen LogP contribution in [0.2, 0.25) is 0 Å². The third-order valence-corrected chi connectivity index (χ3v) is 2.04. The molecule has 1 aromatic carbocycles. The monoisotopic (exact) mass is 266 g/mol. The highest BCUT2D eigenvalue weighted by Crippen LogP contribution is 2.20. The highest BCUT2D eigenvalue weighted by molar-refractivity contribution is 14.1. The lowest BCUT2D eigenvalue weighted by atomic mass is 10.3. The van der Waals surface area contributed by atoms with E-state index in [9.17, 15) is 4.39 Å². The normalized spacial score (nSPS) is 9.73. The van der Waals surface area contributed by atoms with Crippen molar-refractivity contribution in [3.63, 3.8) is 0 Å². The van der Waals surface area contributed by atoms with Crippen LogP contribution >= 0.6 is 22.6 Å². The van der Waals surface area contributed by atoms with E-state index in [1.165, 1.54) is 12.1 Å². The first-order valence-corrected chi connectivity index (χ1v) is 4.39. The number of hydrogen-bond acceptors (Lipinski definition) is 1. The molecule has 0 N–H and O–H groups in total. The van der Waals surface area contributed by atoms with Crippen molar-refractivity contribution in [1.29, 1.82) is 0 Å². The van der Waals surface area contributed by atoms with Gasteiger partial charge in [0.25, 0.3) is 0 Å². The first-order valence-electron chi connectivity index (χ1n) is 3.32. The van der Waals surface area contributed by atoms with Crippen LogP contribution in [0.5, 0.6) is 5.75 Å². The number of benzene rings is 1. The van der Waals surface area contributed by atoms with Crippen LogP contribution in [0.3, 0.4) is 0 Å². The van der Waals surface area contributed by atoms with Crippen molar-refractivity contribution >= 4 is 22.6 Å². The first-order chi connectivity index (χ1) is 5.24. The van der Waals surface area contributed by atoms with Gasteiger partial charge in [0, 0.05) is 0 Å². The maximum absolute atomic E-state index is 12.5. The van der Waals surface area contributed by atoms with Crippen LogP contribution in [0.15, 0.2) is 18.2 Å². The van der Waals surface area contributed by atoms with Gasteiger partial charge in [-0.2, -0.15) is 0 Å². The molecule has 1 rings (SSSR count). The lowest BCUT2D eigenvalue weighted by Gasteiger charge is -2.04. The molecule has 0 unspecified atom stereocenters. The van der Waals surface area contributed by atoms with Gasteiger partial charge in [0.1, 0.15) is 11.6 Å². The highest BCUT2D eigenvalue weighted by Gasteiger charge is 1.99. The number of rotatable bonds is 2. The lowest BCUT2D eigenvalue weighted by Crippen LogP contribution is -1.93. The van der Waals surface area contributed by atoms with Gasteiger partial charge < -0.3 is 4.74 Å². The Kier molecular flexibility index (Phi) is 3.11. The second-order valence-corrected chi connectivity index (χ2v) is 3.17. The van der Waals surface area contributed by atoms with Crippen molar-refractivity contribution in [3.05, 3.63) is 27.6 Å². The number of ether oxygens (including phenoxy) is 1. The molecule has 1 nitrogen and oxygen atoms in total. The molecule has 1 aromatic rings. The average Bonchev–Trinajstić information content (AvgIpc) is 1.95. The molecular formula is C8H8FIO. The molecule has 0 aliphatic rings. The summed E-state index contributed by atoms with van der Waals surface area (Å²) in [5.74, 6) is 0.521. The second kappa shape index (κ2) is 3.90. The van der Waals surface area contributed by atoms with E-state index < -0.39 is 0 Å². The molecule has 11 heavy (non-hydrogen) atoms. The largest absolute Gasteiger partial charge is 0.493 e. The summed E-state index contributed by atoms with van der Waals surface area (Å²) in [6, 6.07) is 4.49. The fourth-order valence-corrected chi connectivity index (χ4v) is 1.38. The van der Waals surface area contributed by atoms with Crippen LogP contribution in [-0.2, 0) is 0 Å². The molecule has 0 saturated carbocycles. The topological polar surface area (TPSA) is 9.23 Å². The van der Waals surface area contributed by atoms with Crippen LogP contribution in [0, 0.1) is 9.39 Å². The Labute approximate surface area is 78.7 Å². The van der Waals surface area contributed by atoms with Gasteiger partial charge in [-0.15, -0.1) is 0 Å². The average molecular weight is 266 g/mol. The molecule has 0 atom stereocenters. The van der Waals surface area contributed by atoms with Crippen molar-refractivity contribution in [2.24, 2.45) is 0 Å². The molecule has 0 aliphatic carbocycles. The maximum atomic E-state index is 12.5. The van der Waals surface area contributed by atoms with Gasteiger partial charge in [0.05, 0.1) is 10.2 Å². The third kappa shape index (κ3) is 2.32. The summed E-state index contributed by atoms with van der Waals surface area (Å²) >= 11 is 2.04. The minimum absolute atomic E-state index is 0.224. The fraction of sp³-hybridized carbons (Fsp3) is 0.250. The summed E-state index contributed by atoms with van der Waals surface area (Å²) in [5.41, 5.74) is 0. The third-order valence-electron chi connectivity index (χ3n) is 1.19. The van der Waals surface area contributed by atoms with Gasteiger partial charge >= 0.3 is 0 Å². The van der Waals surface area contributed by atoms with Crippen LogP contribution in [0.1, 0.15) is 6.92 Å². The molecule has 60 valence electrons. The van der Waals surface area contributed by atoms with E-state index in [1.54, 1.807) is 6.07 Å². The van der Waals surface area contributed by atoms with Gasteiger partial charge in [0.15, 0.2) is 0 Å². The number of hydrogen-bond donors (Lipinski definition) is 0. The van der Waals surface area contributed by atoms with Gasteiger partial charge in [0.2, 0.25) is 0 Å². The van der Waals surface area contributed by atoms with E-state index in [-0.39, 0.29) is 5.82 Å². The Bertz CT molecular complexity index is 250. The lowest BCUT2D eigenvalue weighted by molar-refractivity contribution is 0.337. The van der Waals surface area contributed by atoms with E-state index >= 15 is 0 Å².